The summed E-state index contributed by atoms with van der Waals surface area (Å²) < 4.78 is 77.3. The predicted molar refractivity (Wildman–Crippen MR) is 207 cm³/mol. The summed E-state index contributed by atoms with van der Waals surface area (Å²) in [6.07, 6.45) is -20.8. The summed E-state index contributed by atoms with van der Waals surface area (Å²) in [7, 11) is 0. The molecule has 19 nitrogen and oxygen atoms in total. The summed E-state index contributed by atoms with van der Waals surface area (Å²) in [4.78, 5) is 84.8. The lowest BCUT2D eigenvalue weighted by Gasteiger charge is -2.67. The number of aliphatic hydroxyl groups is 3. The van der Waals surface area contributed by atoms with E-state index in [1.165, 1.54) is 78.9 Å². The van der Waals surface area contributed by atoms with E-state index in [9.17, 15) is 52.5 Å². The maximum absolute atomic E-state index is 15.5. The van der Waals surface area contributed by atoms with E-state index in [4.69, 9.17) is 34.0 Å². The number of Topliss-reactive ketones (excluding diaryl/α,β-unsaturated/α-hetero) is 1. The van der Waals surface area contributed by atoms with Crippen LogP contribution in [0.3, 0.4) is 0 Å². The summed E-state index contributed by atoms with van der Waals surface area (Å²) in [5.41, 5.74) is -1.75. The highest BCUT2D eigenvalue weighted by Gasteiger charge is 2.78. The standard InChI is InChI=1S/C41H51F3N4O15/c1-10-25(51)60-28-26-18(2)22(59-34(55)27(52)30(41(42,43)44)46-35(56)63-36(4,5)6)16-40(57,37(26,7)8)32(61-33(54)20-12-11-13-21(14-20)47-48-45)29-38(9,31(28)53)23(50)15-24-39(29,17-58-24)62-19(3)49/h11-14,22-24,27-30,32,50,52,57H,10,15-17H2,1-9H3,(H,46,56)/t22-,23-,24+,27+,28+,29-,30+,32-,38+,39-,40+/m0/s1. The third-order valence-corrected chi connectivity index (χ3v) is 12.5. The first-order valence-corrected chi connectivity index (χ1v) is 20.0. The van der Waals surface area contributed by atoms with Crippen LogP contribution in [-0.4, -0.2) is 123 Å². The molecular formula is C41H51F3N4O15. The maximum atomic E-state index is 15.5. The molecule has 0 spiro atoms. The fourth-order valence-electron chi connectivity index (χ4n) is 9.36. The number of hydrogen-bond acceptors (Lipinski definition) is 16. The molecule has 4 aliphatic rings. The van der Waals surface area contributed by atoms with Gasteiger partial charge in [-0.15, -0.1) is 0 Å². The molecule has 63 heavy (non-hydrogen) atoms. The zero-order valence-corrected chi connectivity index (χ0v) is 36.0. The van der Waals surface area contributed by atoms with Gasteiger partial charge in [-0.1, -0.05) is 38.0 Å². The Morgan fingerprint density at radius 3 is 2.29 bits per heavy atom. The average molecular weight is 897 g/mol. The number of alkyl halides is 3. The van der Waals surface area contributed by atoms with Crippen molar-refractivity contribution in [2.45, 2.75) is 147 Å². The first-order valence-electron chi connectivity index (χ1n) is 20.0. The van der Waals surface area contributed by atoms with Crippen molar-refractivity contribution in [3.05, 3.63) is 51.4 Å². The number of aliphatic hydroxyl groups excluding tert-OH is 2. The number of ketones is 1. The number of nitrogens with zero attached hydrogens (tertiary/aromatic N) is 3. The van der Waals surface area contributed by atoms with Gasteiger partial charge < -0.3 is 49.1 Å². The molecular weight excluding hydrogens is 845 g/mol. The number of azide groups is 1. The second-order valence-electron chi connectivity index (χ2n) is 17.9. The molecule has 4 N–H and O–H groups in total. The summed E-state index contributed by atoms with van der Waals surface area (Å²) in [6, 6.07) is 1.82. The molecule has 22 heteroatoms. The van der Waals surface area contributed by atoms with Crippen LogP contribution in [0, 0.1) is 16.7 Å². The molecule has 1 aromatic carbocycles. The smallest absolute Gasteiger partial charge is 0.411 e. The molecule has 3 fully saturated rings. The Bertz CT molecular complexity index is 2130. The molecule has 2 bridgehead atoms. The summed E-state index contributed by atoms with van der Waals surface area (Å²) in [5, 5.41) is 41.4. The van der Waals surface area contributed by atoms with E-state index >= 15 is 4.79 Å². The molecule has 5 rings (SSSR count). The van der Waals surface area contributed by atoms with Crippen LogP contribution in [0.1, 0.15) is 91.9 Å². The topological polar surface area (TPSA) is 279 Å². The van der Waals surface area contributed by atoms with Crippen LogP contribution in [0.15, 0.2) is 40.5 Å². The third kappa shape index (κ3) is 8.70. The average Bonchev–Trinajstić information content (AvgIpc) is 3.16. The lowest BCUT2D eigenvalue weighted by atomic mass is 9.44. The largest absolute Gasteiger partial charge is 0.456 e. The molecule has 1 amide bonds. The van der Waals surface area contributed by atoms with Gasteiger partial charge in [-0.3, -0.25) is 14.4 Å². The van der Waals surface area contributed by atoms with Gasteiger partial charge in [0.15, 0.2) is 29.6 Å². The number of esters is 4. The number of hydrogen-bond donors (Lipinski definition) is 4. The van der Waals surface area contributed by atoms with Gasteiger partial charge in [0.05, 0.1) is 29.6 Å². The molecule has 0 radical (unpaired) electrons. The number of carbonyl (C=O) groups is 6. The fraction of sp³-hybridized carbons (Fsp3) is 0.659. The number of amides is 1. The van der Waals surface area contributed by atoms with E-state index in [1.807, 2.05) is 0 Å². The number of nitrogens with one attached hydrogen (secondary N) is 1. The van der Waals surface area contributed by atoms with E-state index in [0.29, 0.717) is 0 Å². The molecule has 0 unspecified atom stereocenters. The number of rotatable bonds is 10. The second-order valence-corrected chi connectivity index (χ2v) is 17.9. The SMILES string of the molecule is CCC(=O)O[C@H]1C(=O)[C@@]2(C)[C@H]([C@H](OC(=O)c3cccc(N=[N+]=[N-])c3)[C@]3(O)C[C@H](OC(=O)[C@H](O)[C@@H](NC(=O)OC(C)(C)C)C(F)(F)F)C(C)=C1C3(C)C)[C@]1(OC(C)=O)CO[C@@H]1C[C@@H]2O. The van der Waals surface area contributed by atoms with Crippen LogP contribution in [0.5, 0.6) is 0 Å². The Hall–Kier alpha value is -5.28. The van der Waals surface area contributed by atoms with Crippen LogP contribution >= 0.6 is 0 Å². The lowest BCUT2D eigenvalue weighted by molar-refractivity contribution is -0.346. The lowest BCUT2D eigenvalue weighted by Crippen LogP contribution is -2.82. The van der Waals surface area contributed by atoms with Crippen molar-refractivity contribution in [1.29, 1.82) is 0 Å². The van der Waals surface area contributed by atoms with E-state index in [0.717, 1.165) is 13.0 Å². The molecule has 0 aromatic heterocycles. The van der Waals surface area contributed by atoms with Crippen LogP contribution in [0.2, 0.25) is 0 Å². The Balaban J connectivity index is 1.77. The van der Waals surface area contributed by atoms with Crippen molar-refractivity contribution in [1.82, 2.24) is 5.32 Å². The van der Waals surface area contributed by atoms with Crippen LogP contribution in [0.4, 0.5) is 23.7 Å². The molecule has 1 heterocycles. The van der Waals surface area contributed by atoms with Gasteiger partial charge in [0, 0.05) is 42.2 Å². The van der Waals surface area contributed by atoms with Gasteiger partial charge in [-0.2, -0.15) is 13.2 Å². The maximum Gasteiger partial charge on any atom is 0.411 e. The highest BCUT2D eigenvalue weighted by molar-refractivity contribution is 5.96. The quantitative estimate of drug-likeness (QED) is 0.0634. The van der Waals surface area contributed by atoms with Gasteiger partial charge in [-0.25, -0.2) is 14.4 Å². The molecule has 1 aliphatic heterocycles. The number of benzene rings is 1. The Morgan fingerprint density at radius 1 is 1.10 bits per heavy atom. The van der Waals surface area contributed by atoms with E-state index in [2.05, 4.69) is 10.0 Å². The minimum atomic E-state index is -5.47. The zero-order valence-electron chi connectivity index (χ0n) is 36.0. The van der Waals surface area contributed by atoms with Gasteiger partial charge in [0.1, 0.15) is 29.5 Å². The van der Waals surface area contributed by atoms with Crippen LogP contribution in [0.25, 0.3) is 10.4 Å². The van der Waals surface area contributed by atoms with Crippen molar-refractivity contribution in [3.63, 3.8) is 0 Å². The highest BCUT2D eigenvalue weighted by atomic mass is 19.4. The van der Waals surface area contributed by atoms with Gasteiger partial charge >= 0.3 is 36.1 Å². The second kappa shape index (κ2) is 17.0. The predicted octanol–water partition coefficient (Wildman–Crippen LogP) is 4.35. The number of alkyl carbamates (subject to hydrolysis) is 1. The van der Waals surface area contributed by atoms with Crippen molar-refractivity contribution in [3.8, 4) is 0 Å². The van der Waals surface area contributed by atoms with Crippen molar-refractivity contribution < 1.29 is 85.7 Å². The molecule has 3 aliphatic carbocycles. The first-order chi connectivity index (χ1) is 29.0. The summed E-state index contributed by atoms with van der Waals surface area (Å²) in [6.45, 7) is 11.3. The molecule has 2 saturated carbocycles. The molecule has 1 aromatic rings. The van der Waals surface area contributed by atoms with Crippen molar-refractivity contribution >= 4 is 41.4 Å². The highest BCUT2D eigenvalue weighted by Crippen LogP contribution is 2.64. The normalized spacial score (nSPS) is 32.0. The van der Waals surface area contributed by atoms with Crippen LogP contribution < -0.4 is 5.32 Å². The summed E-state index contributed by atoms with van der Waals surface area (Å²) in [5.74, 6) is -7.89. The Morgan fingerprint density at radius 2 is 1.75 bits per heavy atom. The minimum Gasteiger partial charge on any atom is -0.456 e. The van der Waals surface area contributed by atoms with Gasteiger partial charge in [-0.05, 0) is 63.4 Å². The summed E-state index contributed by atoms with van der Waals surface area (Å²) >= 11 is 0. The van der Waals surface area contributed by atoms with Crippen molar-refractivity contribution in [2.24, 2.45) is 21.9 Å². The van der Waals surface area contributed by atoms with E-state index < -0.39 is 131 Å². The van der Waals surface area contributed by atoms with Gasteiger partial charge in [0.2, 0.25) is 0 Å². The molecule has 1 saturated heterocycles. The Kier molecular flexibility index (Phi) is 13.2. The first kappa shape index (κ1) is 48.7. The fourth-order valence-corrected chi connectivity index (χ4v) is 9.36. The van der Waals surface area contributed by atoms with E-state index in [1.54, 1.807) is 0 Å². The zero-order chi connectivity index (χ0) is 47.4. The van der Waals surface area contributed by atoms with Crippen LogP contribution in [-0.2, 0) is 47.6 Å². The number of fused-ring (bicyclic) bond motifs is 5. The monoisotopic (exact) mass is 896 g/mol. The van der Waals surface area contributed by atoms with E-state index in [-0.39, 0.29) is 35.2 Å². The van der Waals surface area contributed by atoms with Gasteiger partial charge in [0.25, 0.3) is 0 Å². The van der Waals surface area contributed by atoms with Crippen molar-refractivity contribution in [2.75, 3.05) is 6.61 Å². The minimum absolute atomic E-state index is 0.0384. The molecule has 346 valence electrons. The number of carbonyl (C=O) groups excluding carboxylic acids is 6. The Labute approximate surface area is 359 Å². The number of halogens is 3. The molecule has 11 atom stereocenters. The third-order valence-electron chi connectivity index (χ3n) is 12.5. The number of ether oxygens (including phenoxy) is 6.